The van der Waals surface area contributed by atoms with E-state index in [0.717, 1.165) is 45.3 Å². The third kappa shape index (κ3) is 3.62. The predicted molar refractivity (Wildman–Crippen MR) is 75.6 cm³/mol. The van der Waals surface area contributed by atoms with Gasteiger partial charge in [-0.15, -0.1) is 0 Å². The van der Waals surface area contributed by atoms with Gasteiger partial charge >= 0.3 is 12.0 Å². The fraction of sp³-hybridized carbons (Fsp3) is 0.857. The van der Waals surface area contributed by atoms with Crippen molar-refractivity contribution >= 4 is 12.0 Å². The summed E-state index contributed by atoms with van der Waals surface area (Å²) in [6, 6.07) is -0.0840. The molecule has 20 heavy (non-hydrogen) atoms. The maximum Gasteiger partial charge on any atom is 0.320 e. The van der Waals surface area contributed by atoms with Crippen LogP contribution < -0.4 is 5.32 Å². The quantitative estimate of drug-likeness (QED) is 0.806. The lowest BCUT2D eigenvalue weighted by Crippen LogP contribution is -2.50. The molecule has 6 nitrogen and oxygen atoms in total. The maximum absolute atomic E-state index is 12.6. The van der Waals surface area contributed by atoms with Crippen molar-refractivity contribution in [3.05, 3.63) is 0 Å². The summed E-state index contributed by atoms with van der Waals surface area (Å²) < 4.78 is 0. The Morgan fingerprint density at radius 1 is 1.25 bits per heavy atom. The van der Waals surface area contributed by atoms with Crippen LogP contribution in [0.5, 0.6) is 0 Å². The van der Waals surface area contributed by atoms with Gasteiger partial charge in [0.2, 0.25) is 0 Å². The second-order valence-electron chi connectivity index (χ2n) is 5.88. The Labute approximate surface area is 120 Å². The van der Waals surface area contributed by atoms with E-state index in [1.54, 1.807) is 4.90 Å². The zero-order chi connectivity index (χ0) is 14.5. The van der Waals surface area contributed by atoms with E-state index < -0.39 is 5.97 Å². The largest absolute Gasteiger partial charge is 0.481 e. The third-order valence-electron chi connectivity index (χ3n) is 4.32. The summed E-state index contributed by atoms with van der Waals surface area (Å²) in [5.41, 5.74) is 0. The van der Waals surface area contributed by atoms with Gasteiger partial charge in [-0.3, -0.25) is 4.79 Å². The van der Waals surface area contributed by atoms with Crippen molar-refractivity contribution in [2.24, 2.45) is 5.92 Å². The van der Waals surface area contributed by atoms with Gasteiger partial charge < -0.3 is 20.2 Å². The molecular formula is C14H25N3O3. The van der Waals surface area contributed by atoms with E-state index in [4.69, 9.17) is 5.11 Å². The molecule has 0 aromatic carbocycles. The molecule has 0 saturated carbocycles. The van der Waals surface area contributed by atoms with Crippen molar-refractivity contribution < 1.29 is 14.7 Å². The number of likely N-dealkylation sites (tertiary alicyclic amines) is 2. The number of hydrogen-bond acceptors (Lipinski definition) is 3. The normalized spacial score (nSPS) is 26.9. The molecule has 2 heterocycles. The number of urea groups is 1. The van der Waals surface area contributed by atoms with Crippen molar-refractivity contribution in [1.29, 1.82) is 0 Å². The number of aliphatic carboxylic acids is 1. The molecule has 2 aliphatic rings. The first-order valence-electron chi connectivity index (χ1n) is 7.53. The van der Waals surface area contributed by atoms with Crippen LogP contribution in [0.25, 0.3) is 0 Å². The molecule has 0 bridgehead atoms. The van der Waals surface area contributed by atoms with Crippen LogP contribution in [-0.4, -0.2) is 66.2 Å². The summed E-state index contributed by atoms with van der Waals surface area (Å²) in [4.78, 5) is 27.1. The van der Waals surface area contributed by atoms with Gasteiger partial charge in [-0.25, -0.2) is 4.79 Å². The topological polar surface area (TPSA) is 72.9 Å². The van der Waals surface area contributed by atoms with Crippen molar-refractivity contribution in [2.75, 3.05) is 33.2 Å². The Hall–Kier alpha value is -1.30. The Kier molecular flexibility index (Phi) is 5.23. The number of nitrogens with one attached hydrogen (secondary N) is 1. The molecule has 2 amide bonds. The average Bonchev–Trinajstić information content (AvgIpc) is 2.86. The summed E-state index contributed by atoms with van der Waals surface area (Å²) in [6.07, 6.45) is 3.99. The van der Waals surface area contributed by atoms with Crippen LogP contribution >= 0.6 is 0 Å². The number of piperidine rings is 1. The fourth-order valence-corrected chi connectivity index (χ4v) is 3.38. The van der Waals surface area contributed by atoms with Crippen LogP contribution in [0.15, 0.2) is 0 Å². The second-order valence-corrected chi connectivity index (χ2v) is 5.88. The van der Waals surface area contributed by atoms with E-state index in [9.17, 15) is 9.59 Å². The van der Waals surface area contributed by atoms with Gasteiger partial charge in [0.05, 0.1) is 6.42 Å². The van der Waals surface area contributed by atoms with Crippen LogP contribution in [-0.2, 0) is 4.79 Å². The van der Waals surface area contributed by atoms with Gasteiger partial charge in [0.15, 0.2) is 0 Å². The molecule has 0 aromatic heterocycles. The average molecular weight is 283 g/mol. The lowest BCUT2D eigenvalue weighted by molar-refractivity contribution is -0.138. The van der Waals surface area contributed by atoms with Gasteiger partial charge in [-0.1, -0.05) is 0 Å². The van der Waals surface area contributed by atoms with E-state index in [1.807, 2.05) is 11.9 Å². The van der Waals surface area contributed by atoms with Gasteiger partial charge in [0, 0.05) is 25.7 Å². The van der Waals surface area contributed by atoms with Crippen molar-refractivity contribution in [3.63, 3.8) is 0 Å². The lowest BCUT2D eigenvalue weighted by Gasteiger charge is -2.37. The monoisotopic (exact) mass is 283 g/mol. The smallest absolute Gasteiger partial charge is 0.320 e. The molecule has 2 rings (SSSR count). The molecule has 6 heteroatoms. The van der Waals surface area contributed by atoms with Gasteiger partial charge in [-0.05, 0) is 45.2 Å². The highest BCUT2D eigenvalue weighted by Crippen LogP contribution is 2.24. The van der Waals surface area contributed by atoms with Crippen molar-refractivity contribution in [3.8, 4) is 0 Å². The summed E-state index contributed by atoms with van der Waals surface area (Å²) >= 11 is 0. The number of carbonyl (C=O) groups is 2. The van der Waals surface area contributed by atoms with Crippen LogP contribution in [0.1, 0.15) is 32.1 Å². The first-order chi connectivity index (χ1) is 9.61. The molecule has 2 N–H and O–H groups in total. The molecule has 0 spiro atoms. The molecular weight excluding hydrogens is 258 g/mol. The van der Waals surface area contributed by atoms with Crippen LogP contribution in [0.3, 0.4) is 0 Å². The van der Waals surface area contributed by atoms with Gasteiger partial charge in [-0.2, -0.15) is 0 Å². The van der Waals surface area contributed by atoms with Crippen LogP contribution in [0.2, 0.25) is 0 Å². The van der Waals surface area contributed by atoms with E-state index >= 15 is 0 Å². The predicted octanol–water partition coefficient (Wildman–Crippen LogP) is 0.977. The number of hydrogen-bond donors (Lipinski definition) is 2. The molecule has 2 aliphatic heterocycles. The van der Waals surface area contributed by atoms with Crippen LogP contribution in [0, 0.1) is 5.92 Å². The van der Waals surface area contributed by atoms with E-state index in [1.165, 1.54) is 0 Å². The minimum atomic E-state index is -0.818. The standard InChI is InChI=1S/C14H25N3O3/c1-15-9-11-4-2-6-16(10-11)14(20)17-7-3-5-12(17)8-13(18)19/h11-12,15H,2-10H2,1H3,(H,18,19). The third-order valence-corrected chi connectivity index (χ3v) is 4.32. The number of nitrogens with zero attached hydrogens (tertiary/aromatic N) is 2. The molecule has 2 fully saturated rings. The molecule has 0 aromatic rings. The number of carboxylic acid groups (broad SMARTS) is 1. The number of rotatable bonds is 4. The van der Waals surface area contributed by atoms with Crippen LogP contribution in [0.4, 0.5) is 4.79 Å². The minimum absolute atomic E-state index is 0.0366. The molecule has 2 atom stereocenters. The Morgan fingerprint density at radius 3 is 2.70 bits per heavy atom. The SMILES string of the molecule is CNCC1CCCN(C(=O)N2CCCC2CC(=O)O)C1. The van der Waals surface area contributed by atoms with E-state index in [2.05, 4.69) is 5.32 Å². The van der Waals surface area contributed by atoms with E-state index in [0.29, 0.717) is 12.5 Å². The molecule has 2 unspecified atom stereocenters. The minimum Gasteiger partial charge on any atom is -0.481 e. The first kappa shape index (κ1) is 15.1. The highest BCUT2D eigenvalue weighted by molar-refractivity contribution is 5.76. The molecule has 2 saturated heterocycles. The first-order valence-corrected chi connectivity index (χ1v) is 7.53. The van der Waals surface area contributed by atoms with Crippen molar-refractivity contribution in [2.45, 2.75) is 38.1 Å². The van der Waals surface area contributed by atoms with Gasteiger partial charge in [0.25, 0.3) is 0 Å². The molecule has 114 valence electrons. The number of carbonyl (C=O) groups excluding carboxylic acids is 1. The summed E-state index contributed by atoms with van der Waals surface area (Å²) in [5, 5.41) is 12.1. The van der Waals surface area contributed by atoms with Gasteiger partial charge in [0.1, 0.15) is 0 Å². The molecule has 0 aliphatic carbocycles. The Balaban J connectivity index is 1.93. The molecule has 0 radical (unpaired) electrons. The highest BCUT2D eigenvalue weighted by atomic mass is 16.4. The zero-order valence-corrected chi connectivity index (χ0v) is 12.2. The summed E-state index contributed by atoms with van der Waals surface area (Å²) in [6.45, 7) is 3.22. The number of carboxylic acids is 1. The zero-order valence-electron chi connectivity index (χ0n) is 12.2. The van der Waals surface area contributed by atoms with E-state index in [-0.39, 0.29) is 18.5 Å². The van der Waals surface area contributed by atoms with Crippen molar-refractivity contribution in [1.82, 2.24) is 15.1 Å². The lowest BCUT2D eigenvalue weighted by atomic mass is 9.98. The maximum atomic E-state index is 12.6. The Morgan fingerprint density at radius 2 is 2.00 bits per heavy atom. The summed E-state index contributed by atoms with van der Waals surface area (Å²) in [5.74, 6) is -0.306. The highest BCUT2D eigenvalue weighted by Gasteiger charge is 2.34. The second kappa shape index (κ2) is 6.92. The fourth-order valence-electron chi connectivity index (χ4n) is 3.38. The Bertz CT molecular complexity index is 360. The summed E-state index contributed by atoms with van der Waals surface area (Å²) in [7, 11) is 1.93. The number of amides is 2.